The van der Waals surface area contributed by atoms with E-state index in [-0.39, 0.29) is 29.9 Å². The van der Waals surface area contributed by atoms with E-state index in [0.29, 0.717) is 17.4 Å². The van der Waals surface area contributed by atoms with Gasteiger partial charge in [0.2, 0.25) is 11.8 Å². The number of ketones is 1. The van der Waals surface area contributed by atoms with Crippen molar-refractivity contribution in [3.63, 3.8) is 0 Å². The van der Waals surface area contributed by atoms with Crippen LogP contribution in [0.25, 0.3) is 0 Å². The lowest BCUT2D eigenvalue weighted by atomic mass is 10.1. The van der Waals surface area contributed by atoms with Gasteiger partial charge >= 0.3 is 0 Å². The van der Waals surface area contributed by atoms with Gasteiger partial charge in [-0.25, -0.2) is 4.98 Å². The van der Waals surface area contributed by atoms with Gasteiger partial charge in [0.1, 0.15) is 5.69 Å². The monoisotopic (exact) mass is 309 g/mol. The molecule has 1 aromatic rings. The second-order valence-corrected chi connectivity index (χ2v) is 6.02. The third-order valence-corrected chi connectivity index (χ3v) is 4.25. The number of nitrogens with one attached hydrogen (secondary N) is 2. The number of thiazole rings is 1. The second kappa shape index (κ2) is 7.31. The molecule has 114 valence electrons. The normalized spacial score (nSPS) is 14.9. The minimum absolute atomic E-state index is 0.0495. The molecule has 2 N–H and O–H groups in total. The highest BCUT2D eigenvalue weighted by Crippen LogP contribution is 2.24. The Morgan fingerprint density at radius 2 is 2.05 bits per heavy atom. The number of rotatable bonds is 6. The van der Waals surface area contributed by atoms with Crippen LogP contribution in [-0.2, 0) is 9.59 Å². The van der Waals surface area contributed by atoms with Crippen LogP contribution in [0, 0.1) is 5.92 Å². The zero-order chi connectivity index (χ0) is 15.2. The Balaban J connectivity index is 1.69. The summed E-state index contributed by atoms with van der Waals surface area (Å²) in [4.78, 5) is 38.6. The highest BCUT2D eigenvalue weighted by atomic mass is 32.1. The molecule has 0 spiro atoms. The highest BCUT2D eigenvalue weighted by Gasteiger charge is 2.22. The molecule has 6 nitrogen and oxygen atoms in total. The zero-order valence-electron chi connectivity index (χ0n) is 12.0. The fourth-order valence-electron chi connectivity index (χ4n) is 2.31. The van der Waals surface area contributed by atoms with Gasteiger partial charge < -0.3 is 10.6 Å². The fraction of sp³-hybridized carbons (Fsp3) is 0.571. The first kappa shape index (κ1) is 15.6. The number of nitrogens with zero attached hydrogens (tertiary/aromatic N) is 1. The van der Waals surface area contributed by atoms with Crippen molar-refractivity contribution < 1.29 is 14.4 Å². The molecule has 0 unspecified atom stereocenters. The standard InChI is InChI=1S/C14H19N3O3S/c1-9(18)11-8-21-14(16-11)17-12(19)6-7-15-13(20)10-4-2-3-5-10/h8,10H,2-7H2,1H3,(H,15,20)(H,16,17,19). The van der Waals surface area contributed by atoms with Gasteiger partial charge in [-0.05, 0) is 12.8 Å². The predicted molar refractivity (Wildman–Crippen MR) is 80.3 cm³/mol. The average molecular weight is 309 g/mol. The number of amides is 2. The van der Waals surface area contributed by atoms with Crippen LogP contribution in [0.3, 0.4) is 0 Å². The van der Waals surface area contributed by atoms with Crippen LogP contribution in [0.4, 0.5) is 5.13 Å². The summed E-state index contributed by atoms with van der Waals surface area (Å²) in [6.07, 6.45) is 4.32. The Morgan fingerprint density at radius 3 is 2.67 bits per heavy atom. The van der Waals surface area contributed by atoms with E-state index in [1.54, 1.807) is 5.38 Å². The van der Waals surface area contributed by atoms with E-state index in [1.165, 1.54) is 18.3 Å². The van der Waals surface area contributed by atoms with Gasteiger partial charge in [-0.3, -0.25) is 14.4 Å². The summed E-state index contributed by atoms with van der Waals surface area (Å²) in [6, 6.07) is 0. The molecule has 0 bridgehead atoms. The number of carbonyl (C=O) groups excluding carboxylic acids is 3. The third-order valence-electron chi connectivity index (χ3n) is 3.49. The number of hydrogen-bond acceptors (Lipinski definition) is 5. The first-order chi connectivity index (χ1) is 10.1. The molecule has 2 amide bonds. The van der Waals surface area contributed by atoms with Crippen LogP contribution in [0.1, 0.15) is 49.5 Å². The summed E-state index contributed by atoms with van der Waals surface area (Å²) in [5.41, 5.74) is 0.352. The van der Waals surface area contributed by atoms with E-state index in [2.05, 4.69) is 15.6 Å². The molecule has 1 aliphatic carbocycles. The van der Waals surface area contributed by atoms with E-state index in [9.17, 15) is 14.4 Å². The van der Waals surface area contributed by atoms with Gasteiger partial charge in [0, 0.05) is 31.2 Å². The molecule has 1 aliphatic rings. The summed E-state index contributed by atoms with van der Waals surface area (Å²) in [5.74, 6) is -0.180. The summed E-state index contributed by atoms with van der Waals surface area (Å²) in [7, 11) is 0. The molecule has 7 heteroatoms. The molecule has 2 rings (SSSR count). The summed E-state index contributed by atoms with van der Waals surface area (Å²) < 4.78 is 0. The quantitative estimate of drug-likeness (QED) is 0.786. The van der Waals surface area contributed by atoms with E-state index >= 15 is 0 Å². The lowest BCUT2D eigenvalue weighted by Gasteiger charge is -2.09. The van der Waals surface area contributed by atoms with Crippen molar-refractivity contribution in [1.82, 2.24) is 10.3 Å². The van der Waals surface area contributed by atoms with Crippen molar-refractivity contribution in [3.05, 3.63) is 11.1 Å². The summed E-state index contributed by atoms with van der Waals surface area (Å²) in [5, 5.41) is 7.44. The number of carbonyl (C=O) groups is 3. The maximum absolute atomic E-state index is 11.8. The molecule has 0 radical (unpaired) electrons. The lowest BCUT2D eigenvalue weighted by Crippen LogP contribution is -2.32. The van der Waals surface area contributed by atoms with Crippen molar-refractivity contribution in [1.29, 1.82) is 0 Å². The first-order valence-corrected chi connectivity index (χ1v) is 7.98. The van der Waals surface area contributed by atoms with Gasteiger partial charge in [0.15, 0.2) is 10.9 Å². The van der Waals surface area contributed by atoms with Gasteiger partial charge in [0.05, 0.1) is 0 Å². The summed E-state index contributed by atoms with van der Waals surface area (Å²) in [6.45, 7) is 1.76. The van der Waals surface area contributed by atoms with Gasteiger partial charge in [0.25, 0.3) is 0 Å². The van der Waals surface area contributed by atoms with Crippen LogP contribution in [0.2, 0.25) is 0 Å². The topological polar surface area (TPSA) is 88.2 Å². The van der Waals surface area contributed by atoms with E-state index in [4.69, 9.17) is 0 Å². The van der Waals surface area contributed by atoms with Gasteiger partial charge in [-0.1, -0.05) is 12.8 Å². The Hall–Kier alpha value is -1.76. The lowest BCUT2D eigenvalue weighted by molar-refractivity contribution is -0.124. The van der Waals surface area contributed by atoms with Crippen molar-refractivity contribution in [2.75, 3.05) is 11.9 Å². The first-order valence-electron chi connectivity index (χ1n) is 7.10. The molecule has 0 saturated heterocycles. The minimum atomic E-state index is -0.217. The van der Waals surface area contributed by atoms with Gasteiger partial charge in [-0.15, -0.1) is 11.3 Å². The minimum Gasteiger partial charge on any atom is -0.355 e. The average Bonchev–Trinajstić information content (AvgIpc) is 3.09. The molecule has 0 atom stereocenters. The van der Waals surface area contributed by atoms with Crippen LogP contribution in [-0.4, -0.2) is 29.1 Å². The van der Waals surface area contributed by atoms with Crippen molar-refractivity contribution in [2.45, 2.75) is 39.0 Å². The Kier molecular flexibility index (Phi) is 5.44. The van der Waals surface area contributed by atoms with E-state index in [0.717, 1.165) is 25.7 Å². The molecule has 1 heterocycles. The Morgan fingerprint density at radius 1 is 1.33 bits per heavy atom. The molecule has 1 saturated carbocycles. The van der Waals surface area contributed by atoms with Crippen LogP contribution < -0.4 is 10.6 Å². The zero-order valence-corrected chi connectivity index (χ0v) is 12.8. The molecular weight excluding hydrogens is 290 g/mol. The van der Waals surface area contributed by atoms with Gasteiger partial charge in [-0.2, -0.15) is 0 Å². The second-order valence-electron chi connectivity index (χ2n) is 5.16. The Bertz CT molecular complexity index is 535. The smallest absolute Gasteiger partial charge is 0.227 e. The summed E-state index contributed by atoms with van der Waals surface area (Å²) >= 11 is 1.22. The van der Waals surface area contributed by atoms with E-state index < -0.39 is 0 Å². The molecule has 21 heavy (non-hydrogen) atoms. The molecule has 0 aliphatic heterocycles. The van der Waals surface area contributed by atoms with Crippen LogP contribution in [0.5, 0.6) is 0 Å². The number of anilines is 1. The van der Waals surface area contributed by atoms with Crippen molar-refractivity contribution >= 4 is 34.1 Å². The fourth-order valence-corrected chi connectivity index (χ4v) is 3.07. The number of aromatic nitrogens is 1. The maximum Gasteiger partial charge on any atom is 0.227 e. The van der Waals surface area contributed by atoms with Crippen molar-refractivity contribution in [3.8, 4) is 0 Å². The number of Topliss-reactive ketones (excluding diaryl/α,β-unsaturated/α-hetero) is 1. The molecule has 0 aromatic carbocycles. The van der Waals surface area contributed by atoms with E-state index in [1.807, 2.05) is 0 Å². The largest absolute Gasteiger partial charge is 0.355 e. The predicted octanol–water partition coefficient (Wildman–Crippen LogP) is 1.98. The highest BCUT2D eigenvalue weighted by molar-refractivity contribution is 7.14. The SMILES string of the molecule is CC(=O)c1csc(NC(=O)CCNC(=O)C2CCCC2)n1. The van der Waals surface area contributed by atoms with Crippen LogP contribution >= 0.6 is 11.3 Å². The van der Waals surface area contributed by atoms with Crippen molar-refractivity contribution in [2.24, 2.45) is 5.92 Å². The maximum atomic E-state index is 11.8. The third kappa shape index (κ3) is 4.63. The molecule has 1 fully saturated rings. The molecule has 1 aromatic heterocycles. The Labute approximate surface area is 127 Å². The molecular formula is C14H19N3O3S. The van der Waals surface area contributed by atoms with Crippen LogP contribution in [0.15, 0.2) is 5.38 Å². The number of hydrogen-bond donors (Lipinski definition) is 2.